The first kappa shape index (κ1) is 20.1. The number of aromatic hydroxyl groups is 1. The number of rotatable bonds is 5. The third kappa shape index (κ3) is 3.94. The van der Waals surface area contributed by atoms with Crippen LogP contribution in [-0.4, -0.2) is 36.2 Å². The molecule has 9 heteroatoms. The Hall–Kier alpha value is -4.79. The number of carboxylic acid groups (broad SMARTS) is 1. The van der Waals surface area contributed by atoms with Gasteiger partial charge in [-0.2, -0.15) is 0 Å². The highest BCUT2D eigenvalue weighted by atomic mass is 19.1. The molecule has 0 atom stereocenters. The number of phenolic OH excluding ortho intramolecular Hbond substituents is 1. The van der Waals surface area contributed by atoms with Gasteiger partial charge in [-0.15, -0.1) is 5.10 Å². The zero-order chi connectivity index (χ0) is 22.9. The Labute approximate surface area is 186 Å². The highest BCUT2D eigenvalue weighted by Crippen LogP contribution is 2.31. The molecule has 0 saturated carbocycles. The molecule has 5 rings (SSSR count). The summed E-state index contributed by atoms with van der Waals surface area (Å²) in [6.45, 7) is 0. The molecule has 0 saturated heterocycles. The van der Waals surface area contributed by atoms with E-state index in [9.17, 15) is 14.3 Å². The maximum atomic E-state index is 13.7. The van der Waals surface area contributed by atoms with Gasteiger partial charge in [0, 0.05) is 11.5 Å². The topological polar surface area (TPSA) is 110 Å². The number of halogens is 1. The molecule has 0 aliphatic heterocycles. The number of aromatic carboxylic acids is 1. The van der Waals surface area contributed by atoms with Crippen molar-refractivity contribution in [3.8, 4) is 34.3 Å². The van der Waals surface area contributed by atoms with Gasteiger partial charge >= 0.3 is 5.97 Å². The van der Waals surface area contributed by atoms with E-state index in [2.05, 4.69) is 15.3 Å². The highest BCUT2D eigenvalue weighted by molar-refractivity contribution is 5.88. The summed E-state index contributed by atoms with van der Waals surface area (Å²) in [4.78, 5) is 15.7. The van der Waals surface area contributed by atoms with E-state index in [1.807, 2.05) is 12.1 Å². The standard InChI is InChI=1S/C24H15FN4O4/c25-18-12-15(6-11-22(18)30)29-13-21(27-28-29)20-10-9-17-19(26-20)2-1-3-23(17)33-16-7-4-14(5-8-16)24(31)32/h1-13,30H,(H,31,32). The number of hydrogen-bond acceptors (Lipinski definition) is 6. The molecule has 0 bridgehead atoms. The van der Waals surface area contributed by atoms with E-state index in [1.165, 1.54) is 28.9 Å². The van der Waals surface area contributed by atoms with Crippen LogP contribution in [0.4, 0.5) is 4.39 Å². The van der Waals surface area contributed by atoms with Gasteiger partial charge < -0.3 is 14.9 Å². The smallest absolute Gasteiger partial charge is 0.335 e. The number of hydrogen-bond donors (Lipinski definition) is 2. The fourth-order valence-electron chi connectivity index (χ4n) is 3.30. The zero-order valence-corrected chi connectivity index (χ0v) is 16.9. The third-order valence-electron chi connectivity index (χ3n) is 4.97. The van der Waals surface area contributed by atoms with Crippen LogP contribution in [0.15, 0.2) is 79.0 Å². The molecule has 2 aromatic heterocycles. The van der Waals surface area contributed by atoms with E-state index in [-0.39, 0.29) is 5.56 Å². The summed E-state index contributed by atoms with van der Waals surface area (Å²) in [6.07, 6.45) is 1.62. The number of carboxylic acids is 1. The van der Waals surface area contributed by atoms with Gasteiger partial charge in [-0.25, -0.2) is 18.9 Å². The second-order valence-electron chi connectivity index (χ2n) is 7.13. The Kier molecular flexibility index (Phi) is 4.91. The molecule has 2 N–H and O–H groups in total. The van der Waals surface area contributed by atoms with Gasteiger partial charge in [0.15, 0.2) is 11.6 Å². The molecule has 3 aromatic carbocycles. The Bertz CT molecular complexity index is 1500. The number of phenols is 1. The van der Waals surface area contributed by atoms with E-state index < -0.39 is 17.5 Å². The number of carbonyl (C=O) groups is 1. The van der Waals surface area contributed by atoms with Crippen molar-refractivity contribution in [2.24, 2.45) is 0 Å². The molecule has 0 spiro atoms. The average molecular weight is 442 g/mol. The number of benzene rings is 3. The lowest BCUT2D eigenvalue weighted by Crippen LogP contribution is -1.95. The maximum Gasteiger partial charge on any atom is 0.335 e. The largest absolute Gasteiger partial charge is 0.505 e. The highest BCUT2D eigenvalue weighted by Gasteiger charge is 2.12. The van der Waals surface area contributed by atoms with Crippen LogP contribution in [0, 0.1) is 5.82 Å². The molecule has 0 fully saturated rings. The van der Waals surface area contributed by atoms with Crippen molar-refractivity contribution in [3.05, 3.63) is 90.4 Å². The SMILES string of the molecule is O=C(O)c1ccc(Oc2cccc3nc(-c4cn(-c5ccc(O)c(F)c5)nn4)ccc23)cc1. The Morgan fingerprint density at radius 3 is 2.55 bits per heavy atom. The summed E-state index contributed by atoms with van der Waals surface area (Å²) in [5.41, 5.74) is 2.30. The molecule has 0 radical (unpaired) electrons. The number of pyridine rings is 1. The van der Waals surface area contributed by atoms with Crippen LogP contribution >= 0.6 is 0 Å². The lowest BCUT2D eigenvalue weighted by Gasteiger charge is -2.09. The van der Waals surface area contributed by atoms with Gasteiger partial charge in [0.1, 0.15) is 17.2 Å². The zero-order valence-electron chi connectivity index (χ0n) is 16.9. The number of nitrogens with zero attached hydrogens (tertiary/aromatic N) is 4. The van der Waals surface area contributed by atoms with Crippen molar-refractivity contribution in [2.45, 2.75) is 0 Å². The van der Waals surface area contributed by atoms with Crippen molar-refractivity contribution in [1.29, 1.82) is 0 Å². The maximum absolute atomic E-state index is 13.7. The molecule has 33 heavy (non-hydrogen) atoms. The second-order valence-corrected chi connectivity index (χ2v) is 7.13. The fraction of sp³-hybridized carbons (Fsp3) is 0. The summed E-state index contributed by atoms with van der Waals surface area (Å²) in [7, 11) is 0. The first-order valence-corrected chi connectivity index (χ1v) is 9.80. The third-order valence-corrected chi connectivity index (χ3v) is 4.97. The van der Waals surface area contributed by atoms with Crippen LogP contribution < -0.4 is 4.74 Å². The van der Waals surface area contributed by atoms with Crippen molar-refractivity contribution < 1.29 is 24.1 Å². The number of fused-ring (bicyclic) bond motifs is 1. The normalized spacial score (nSPS) is 10.9. The summed E-state index contributed by atoms with van der Waals surface area (Å²) in [6, 6.07) is 19.1. The van der Waals surface area contributed by atoms with Gasteiger partial charge in [-0.05, 0) is 60.7 Å². The van der Waals surface area contributed by atoms with E-state index in [4.69, 9.17) is 9.84 Å². The lowest BCUT2D eigenvalue weighted by molar-refractivity contribution is 0.0697. The average Bonchev–Trinajstić information content (AvgIpc) is 3.31. The molecule has 0 aliphatic carbocycles. The summed E-state index contributed by atoms with van der Waals surface area (Å²) >= 11 is 0. The van der Waals surface area contributed by atoms with Gasteiger partial charge in [-0.3, -0.25) is 0 Å². The molecule has 0 aliphatic rings. The van der Waals surface area contributed by atoms with Crippen LogP contribution in [0.5, 0.6) is 17.2 Å². The molecule has 162 valence electrons. The Balaban J connectivity index is 1.44. The lowest BCUT2D eigenvalue weighted by atomic mass is 10.1. The Morgan fingerprint density at radius 2 is 1.79 bits per heavy atom. The predicted octanol–water partition coefficient (Wildman–Crippen LogP) is 4.82. The molecule has 2 heterocycles. The molecular formula is C24H15FN4O4. The summed E-state index contributed by atoms with van der Waals surface area (Å²) in [5.74, 6) is -1.13. The van der Waals surface area contributed by atoms with Crippen molar-refractivity contribution in [3.63, 3.8) is 0 Å². The van der Waals surface area contributed by atoms with E-state index >= 15 is 0 Å². The Morgan fingerprint density at radius 1 is 0.970 bits per heavy atom. The molecular weight excluding hydrogens is 427 g/mol. The van der Waals surface area contributed by atoms with Crippen LogP contribution in [0.2, 0.25) is 0 Å². The fourth-order valence-corrected chi connectivity index (χ4v) is 3.30. The number of ether oxygens (including phenoxy) is 1. The first-order valence-electron chi connectivity index (χ1n) is 9.80. The van der Waals surface area contributed by atoms with E-state index in [0.29, 0.717) is 34.1 Å². The van der Waals surface area contributed by atoms with Gasteiger partial charge in [0.2, 0.25) is 0 Å². The van der Waals surface area contributed by atoms with Gasteiger partial charge in [-0.1, -0.05) is 11.3 Å². The van der Waals surface area contributed by atoms with Gasteiger partial charge in [0.05, 0.1) is 28.7 Å². The van der Waals surface area contributed by atoms with Crippen LogP contribution in [0.3, 0.4) is 0 Å². The van der Waals surface area contributed by atoms with E-state index in [0.717, 1.165) is 11.5 Å². The molecule has 0 unspecified atom stereocenters. The van der Waals surface area contributed by atoms with Gasteiger partial charge in [0.25, 0.3) is 0 Å². The first-order chi connectivity index (χ1) is 16.0. The molecule has 0 amide bonds. The quantitative estimate of drug-likeness (QED) is 0.402. The minimum Gasteiger partial charge on any atom is -0.505 e. The second kappa shape index (κ2) is 8.04. The van der Waals surface area contributed by atoms with Crippen molar-refractivity contribution >= 4 is 16.9 Å². The summed E-state index contributed by atoms with van der Waals surface area (Å²) < 4.78 is 21.0. The minimum atomic E-state index is -1.00. The van der Waals surface area contributed by atoms with Crippen LogP contribution in [-0.2, 0) is 0 Å². The van der Waals surface area contributed by atoms with Crippen molar-refractivity contribution in [2.75, 3.05) is 0 Å². The number of aromatic nitrogens is 4. The molecule has 8 nitrogen and oxygen atoms in total. The summed E-state index contributed by atoms with van der Waals surface area (Å²) in [5, 5.41) is 27.3. The van der Waals surface area contributed by atoms with Crippen LogP contribution in [0.1, 0.15) is 10.4 Å². The molecule has 5 aromatic rings. The van der Waals surface area contributed by atoms with Crippen molar-refractivity contribution in [1.82, 2.24) is 20.0 Å². The minimum absolute atomic E-state index is 0.176. The van der Waals surface area contributed by atoms with E-state index in [1.54, 1.807) is 36.5 Å². The van der Waals surface area contributed by atoms with Crippen LogP contribution in [0.25, 0.3) is 28.0 Å². The monoisotopic (exact) mass is 442 g/mol. The predicted molar refractivity (Wildman–Crippen MR) is 117 cm³/mol.